The van der Waals surface area contributed by atoms with Crippen LogP contribution in [-0.4, -0.2) is 27.5 Å². The lowest BCUT2D eigenvalue weighted by molar-refractivity contribution is -0.144. The number of carbonyl (C=O) groups excluding carboxylic acids is 1. The number of carboxylic acids is 1. The predicted molar refractivity (Wildman–Crippen MR) is 80.2 cm³/mol. The first-order chi connectivity index (χ1) is 9.98. The number of benzene rings is 1. The van der Waals surface area contributed by atoms with Gasteiger partial charge in [-0.3, -0.25) is 9.78 Å². The van der Waals surface area contributed by atoms with Crippen LogP contribution < -0.4 is 5.32 Å². The minimum absolute atomic E-state index is 0.367. The van der Waals surface area contributed by atoms with Gasteiger partial charge < -0.3 is 10.4 Å². The predicted octanol–water partition coefficient (Wildman–Crippen LogP) is 2.61. The van der Waals surface area contributed by atoms with E-state index >= 15 is 0 Å². The van der Waals surface area contributed by atoms with Gasteiger partial charge in [-0.2, -0.15) is 0 Å². The zero-order chi connectivity index (χ0) is 15.5. The molecule has 0 spiro atoms. The molecule has 2 rings (SSSR count). The van der Waals surface area contributed by atoms with Crippen molar-refractivity contribution in [1.82, 2.24) is 10.3 Å². The van der Waals surface area contributed by atoms with E-state index in [0.29, 0.717) is 23.9 Å². The molecule has 1 aromatic carbocycles. The van der Waals surface area contributed by atoms with Gasteiger partial charge in [-0.1, -0.05) is 31.5 Å². The van der Waals surface area contributed by atoms with Gasteiger partial charge in [0, 0.05) is 11.6 Å². The smallest absolute Gasteiger partial charge is 0.329 e. The van der Waals surface area contributed by atoms with E-state index in [2.05, 4.69) is 10.3 Å². The third kappa shape index (κ3) is 3.02. The molecule has 1 atom stereocenters. The molecule has 0 aliphatic heterocycles. The number of para-hydroxylation sites is 1. The number of carboxylic acid groups (broad SMARTS) is 1. The summed E-state index contributed by atoms with van der Waals surface area (Å²) in [6, 6.07) is 8.93. The maximum Gasteiger partial charge on any atom is 0.329 e. The van der Waals surface area contributed by atoms with Crippen molar-refractivity contribution in [3.8, 4) is 0 Å². The number of pyridine rings is 1. The monoisotopic (exact) mass is 286 g/mol. The molecule has 21 heavy (non-hydrogen) atoms. The van der Waals surface area contributed by atoms with Crippen LogP contribution in [0.5, 0.6) is 0 Å². The Bertz CT molecular complexity index is 679. The van der Waals surface area contributed by atoms with Gasteiger partial charge >= 0.3 is 5.97 Å². The molecule has 2 N–H and O–H groups in total. The van der Waals surface area contributed by atoms with Crippen LogP contribution in [0, 0.1) is 0 Å². The highest BCUT2D eigenvalue weighted by Crippen LogP contribution is 2.18. The molecule has 0 radical (unpaired) electrons. The molecule has 0 saturated heterocycles. The zero-order valence-corrected chi connectivity index (χ0v) is 12.1. The molecule has 1 aromatic heterocycles. The van der Waals surface area contributed by atoms with Crippen LogP contribution in [0.2, 0.25) is 0 Å². The summed E-state index contributed by atoms with van der Waals surface area (Å²) in [5.74, 6) is -1.46. The highest BCUT2D eigenvalue weighted by molar-refractivity contribution is 6.06. The molecule has 0 aliphatic rings. The van der Waals surface area contributed by atoms with Crippen LogP contribution in [0.15, 0.2) is 36.5 Å². The van der Waals surface area contributed by atoms with E-state index in [9.17, 15) is 14.7 Å². The highest BCUT2D eigenvalue weighted by atomic mass is 16.4. The second-order valence-corrected chi connectivity index (χ2v) is 5.22. The van der Waals surface area contributed by atoms with Crippen LogP contribution in [0.25, 0.3) is 10.9 Å². The van der Waals surface area contributed by atoms with Gasteiger partial charge in [0.25, 0.3) is 5.91 Å². The van der Waals surface area contributed by atoms with E-state index in [1.165, 1.54) is 6.92 Å². The van der Waals surface area contributed by atoms with E-state index in [4.69, 9.17) is 0 Å². The van der Waals surface area contributed by atoms with Crippen molar-refractivity contribution in [3.63, 3.8) is 0 Å². The van der Waals surface area contributed by atoms with Gasteiger partial charge in [0.15, 0.2) is 0 Å². The molecule has 5 heteroatoms. The minimum Gasteiger partial charge on any atom is -0.480 e. The van der Waals surface area contributed by atoms with Gasteiger partial charge in [0.1, 0.15) is 5.54 Å². The van der Waals surface area contributed by atoms with Crippen LogP contribution in [-0.2, 0) is 4.79 Å². The fourth-order valence-corrected chi connectivity index (χ4v) is 2.33. The largest absolute Gasteiger partial charge is 0.480 e. The lowest BCUT2D eigenvalue weighted by Crippen LogP contribution is -2.52. The summed E-state index contributed by atoms with van der Waals surface area (Å²) >= 11 is 0. The molecule has 0 aliphatic carbocycles. The Morgan fingerprint density at radius 3 is 2.67 bits per heavy atom. The fraction of sp³-hybridized carbons (Fsp3) is 0.312. The van der Waals surface area contributed by atoms with Crippen LogP contribution in [0.4, 0.5) is 0 Å². The molecule has 1 heterocycles. The summed E-state index contributed by atoms with van der Waals surface area (Å²) in [7, 11) is 0. The molecular formula is C16H18N2O3. The van der Waals surface area contributed by atoms with Crippen LogP contribution in [0.1, 0.15) is 37.0 Å². The molecule has 0 saturated carbocycles. The Hall–Kier alpha value is -2.43. The second kappa shape index (κ2) is 5.91. The van der Waals surface area contributed by atoms with E-state index < -0.39 is 17.4 Å². The Balaban J connectivity index is 2.36. The summed E-state index contributed by atoms with van der Waals surface area (Å²) < 4.78 is 0. The summed E-state index contributed by atoms with van der Waals surface area (Å²) in [5, 5.41) is 12.8. The van der Waals surface area contributed by atoms with E-state index in [-0.39, 0.29) is 0 Å². The third-order valence-electron chi connectivity index (χ3n) is 3.49. The average Bonchev–Trinajstić information content (AvgIpc) is 2.46. The van der Waals surface area contributed by atoms with Crippen molar-refractivity contribution in [3.05, 3.63) is 42.1 Å². The minimum atomic E-state index is -1.28. The molecule has 1 amide bonds. The Morgan fingerprint density at radius 2 is 2.00 bits per heavy atom. The molecule has 0 fully saturated rings. The van der Waals surface area contributed by atoms with Crippen LogP contribution >= 0.6 is 0 Å². The number of aliphatic carboxylic acids is 1. The first-order valence-corrected chi connectivity index (χ1v) is 6.87. The van der Waals surface area contributed by atoms with Gasteiger partial charge in [-0.05, 0) is 25.5 Å². The maximum absolute atomic E-state index is 12.4. The number of rotatable bonds is 5. The Labute approximate surface area is 123 Å². The standard InChI is InChI=1S/C16H18N2O3/c1-3-9-16(2,15(20)21)18-14(19)12-8-4-6-11-7-5-10-17-13(11)12/h4-8,10H,3,9H2,1-2H3,(H,18,19)(H,20,21). The highest BCUT2D eigenvalue weighted by Gasteiger charge is 2.34. The topological polar surface area (TPSA) is 79.3 Å². The number of carbonyl (C=O) groups is 2. The zero-order valence-electron chi connectivity index (χ0n) is 12.1. The number of fused-ring (bicyclic) bond motifs is 1. The lowest BCUT2D eigenvalue weighted by Gasteiger charge is -2.25. The summed E-state index contributed by atoms with van der Waals surface area (Å²) in [4.78, 5) is 28.1. The van der Waals surface area contributed by atoms with Crippen molar-refractivity contribution in [1.29, 1.82) is 0 Å². The van der Waals surface area contributed by atoms with Gasteiger partial charge in [0.05, 0.1) is 11.1 Å². The van der Waals surface area contributed by atoms with Crippen molar-refractivity contribution in [2.75, 3.05) is 0 Å². The number of nitrogens with zero attached hydrogens (tertiary/aromatic N) is 1. The summed E-state index contributed by atoms with van der Waals surface area (Å²) in [5.41, 5.74) is -0.318. The Morgan fingerprint density at radius 1 is 1.29 bits per heavy atom. The quantitative estimate of drug-likeness (QED) is 0.885. The molecule has 1 unspecified atom stereocenters. The number of hydrogen-bond acceptors (Lipinski definition) is 3. The molecule has 110 valence electrons. The van der Waals surface area contributed by atoms with Gasteiger partial charge in [-0.15, -0.1) is 0 Å². The van der Waals surface area contributed by atoms with Crippen molar-refractivity contribution in [2.45, 2.75) is 32.2 Å². The Kier molecular flexibility index (Phi) is 4.21. The second-order valence-electron chi connectivity index (χ2n) is 5.22. The normalized spacial score (nSPS) is 13.6. The first-order valence-electron chi connectivity index (χ1n) is 6.87. The van der Waals surface area contributed by atoms with Crippen molar-refractivity contribution < 1.29 is 14.7 Å². The lowest BCUT2D eigenvalue weighted by atomic mass is 9.95. The number of hydrogen-bond donors (Lipinski definition) is 2. The summed E-state index contributed by atoms with van der Waals surface area (Å²) in [6.07, 6.45) is 2.64. The SMILES string of the molecule is CCCC(C)(NC(=O)c1cccc2cccnc12)C(=O)O. The number of aromatic nitrogens is 1. The van der Waals surface area contributed by atoms with E-state index in [0.717, 1.165) is 5.39 Å². The van der Waals surface area contributed by atoms with Crippen molar-refractivity contribution >= 4 is 22.8 Å². The van der Waals surface area contributed by atoms with Crippen molar-refractivity contribution in [2.24, 2.45) is 0 Å². The van der Waals surface area contributed by atoms with Gasteiger partial charge in [0.2, 0.25) is 0 Å². The van der Waals surface area contributed by atoms with Gasteiger partial charge in [-0.25, -0.2) is 4.79 Å². The summed E-state index contributed by atoms with van der Waals surface area (Å²) in [6.45, 7) is 3.40. The van der Waals surface area contributed by atoms with E-state index in [1.807, 2.05) is 19.1 Å². The fourth-order valence-electron chi connectivity index (χ4n) is 2.33. The maximum atomic E-state index is 12.4. The molecule has 0 bridgehead atoms. The third-order valence-corrected chi connectivity index (χ3v) is 3.49. The van der Waals surface area contributed by atoms with Crippen LogP contribution in [0.3, 0.4) is 0 Å². The number of amides is 1. The first kappa shape index (κ1) is 15.0. The average molecular weight is 286 g/mol. The number of nitrogens with one attached hydrogen (secondary N) is 1. The molecular weight excluding hydrogens is 268 g/mol. The molecule has 5 nitrogen and oxygen atoms in total. The van der Waals surface area contributed by atoms with E-state index in [1.54, 1.807) is 24.4 Å². The molecule has 2 aromatic rings.